The first-order chi connectivity index (χ1) is 6.68. The molecule has 1 saturated heterocycles. The Bertz CT molecular complexity index is 225. The van der Waals surface area contributed by atoms with E-state index in [-0.39, 0.29) is 12.0 Å². The summed E-state index contributed by atoms with van der Waals surface area (Å²) < 4.78 is 0. The van der Waals surface area contributed by atoms with Gasteiger partial charge >= 0.3 is 5.97 Å². The smallest absolute Gasteiger partial charge is 0.308 e. The van der Waals surface area contributed by atoms with Gasteiger partial charge in [-0.25, -0.2) is 0 Å². The molecule has 0 bridgehead atoms. The van der Waals surface area contributed by atoms with Crippen LogP contribution in [0.25, 0.3) is 0 Å². The van der Waals surface area contributed by atoms with Gasteiger partial charge in [0.2, 0.25) is 0 Å². The Kier molecular flexibility index (Phi) is 2.77. The Hall–Kier alpha value is -0.570. The molecule has 2 fully saturated rings. The number of hydrogen-bond acceptors (Lipinski definition) is 2. The quantitative estimate of drug-likeness (QED) is 0.705. The maximum Gasteiger partial charge on any atom is 0.308 e. The summed E-state index contributed by atoms with van der Waals surface area (Å²) >= 11 is 0. The van der Waals surface area contributed by atoms with Gasteiger partial charge < -0.3 is 10.4 Å². The van der Waals surface area contributed by atoms with Crippen molar-refractivity contribution in [1.29, 1.82) is 0 Å². The van der Waals surface area contributed by atoms with Gasteiger partial charge in [0.15, 0.2) is 0 Å². The molecule has 0 spiro atoms. The molecule has 0 aromatic carbocycles. The van der Waals surface area contributed by atoms with E-state index in [4.69, 9.17) is 5.11 Å². The monoisotopic (exact) mass is 197 g/mol. The number of piperidine rings is 1. The van der Waals surface area contributed by atoms with Gasteiger partial charge in [-0.1, -0.05) is 19.3 Å². The molecule has 0 aromatic heterocycles. The van der Waals surface area contributed by atoms with Crippen molar-refractivity contribution in [1.82, 2.24) is 5.32 Å². The predicted molar refractivity (Wildman–Crippen MR) is 54.0 cm³/mol. The predicted octanol–water partition coefficient (Wildman–Crippen LogP) is 1.49. The Labute approximate surface area is 84.9 Å². The Morgan fingerprint density at radius 3 is 2.57 bits per heavy atom. The fourth-order valence-electron chi connectivity index (χ4n) is 2.68. The average Bonchev–Trinajstić information content (AvgIpc) is 2.04. The Morgan fingerprint density at radius 2 is 2.07 bits per heavy atom. The molecule has 3 atom stereocenters. The fraction of sp³-hybridized carbons (Fsp3) is 0.909. The molecule has 2 N–H and O–H groups in total. The first-order valence-corrected chi connectivity index (χ1v) is 5.64. The van der Waals surface area contributed by atoms with Gasteiger partial charge in [0.1, 0.15) is 0 Å². The molecule has 2 aliphatic rings. The van der Waals surface area contributed by atoms with Crippen LogP contribution in [0, 0.1) is 17.8 Å². The molecule has 3 unspecified atom stereocenters. The van der Waals surface area contributed by atoms with Crippen molar-refractivity contribution < 1.29 is 9.90 Å². The first kappa shape index (κ1) is 9.97. The number of carboxylic acids is 1. The van der Waals surface area contributed by atoms with E-state index in [0.29, 0.717) is 5.92 Å². The lowest BCUT2D eigenvalue weighted by Crippen LogP contribution is -2.49. The van der Waals surface area contributed by atoms with Gasteiger partial charge in [0, 0.05) is 6.04 Å². The summed E-state index contributed by atoms with van der Waals surface area (Å²) in [6, 6.07) is 0.142. The summed E-state index contributed by atoms with van der Waals surface area (Å²) in [7, 11) is 0. The fourth-order valence-corrected chi connectivity index (χ4v) is 2.68. The topological polar surface area (TPSA) is 49.3 Å². The SMILES string of the molecule is CC1NCC(C2CCC2)CC1C(=O)O. The molecule has 0 radical (unpaired) electrons. The third-order valence-corrected chi connectivity index (χ3v) is 4.00. The van der Waals surface area contributed by atoms with Gasteiger partial charge in [-0.2, -0.15) is 0 Å². The largest absolute Gasteiger partial charge is 0.481 e. The number of carbonyl (C=O) groups is 1. The van der Waals surface area contributed by atoms with Crippen LogP contribution in [0.4, 0.5) is 0 Å². The molecule has 14 heavy (non-hydrogen) atoms. The molecule has 1 heterocycles. The van der Waals surface area contributed by atoms with Crippen LogP contribution < -0.4 is 5.32 Å². The van der Waals surface area contributed by atoms with E-state index in [0.717, 1.165) is 18.9 Å². The number of aliphatic carboxylic acids is 1. The van der Waals surface area contributed by atoms with Crippen molar-refractivity contribution in [3.8, 4) is 0 Å². The maximum atomic E-state index is 11.0. The molecular formula is C11H19NO2. The molecule has 3 nitrogen and oxygen atoms in total. The molecule has 1 aliphatic carbocycles. The normalized spacial score (nSPS) is 39.1. The maximum absolute atomic E-state index is 11.0. The zero-order valence-electron chi connectivity index (χ0n) is 8.70. The molecule has 0 amide bonds. The number of carboxylic acid groups (broad SMARTS) is 1. The Morgan fingerprint density at radius 1 is 1.36 bits per heavy atom. The first-order valence-electron chi connectivity index (χ1n) is 5.64. The number of nitrogens with one attached hydrogen (secondary N) is 1. The summed E-state index contributed by atoms with van der Waals surface area (Å²) in [5.41, 5.74) is 0. The second kappa shape index (κ2) is 3.89. The molecule has 1 aliphatic heterocycles. The van der Waals surface area contributed by atoms with E-state index in [1.807, 2.05) is 6.92 Å². The minimum absolute atomic E-state index is 0.142. The van der Waals surface area contributed by atoms with Gasteiger partial charge in [-0.15, -0.1) is 0 Å². The third-order valence-electron chi connectivity index (χ3n) is 4.00. The van der Waals surface area contributed by atoms with E-state index in [9.17, 15) is 4.79 Å². The summed E-state index contributed by atoms with van der Waals surface area (Å²) in [6.07, 6.45) is 4.85. The van der Waals surface area contributed by atoms with Crippen LogP contribution in [0.15, 0.2) is 0 Å². The summed E-state index contributed by atoms with van der Waals surface area (Å²) in [6.45, 7) is 3.01. The van der Waals surface area contributed by atoms with Crippen molar-refractivity contribution in [2.45, 2.75) is 38.6 Å². The summed E-state index contributed by atoms with van der Waals surface area (Å²) in [5, 5.41) is 12.4. The lowest BCUT2D eigenvalue weighted by molar-refractivity contribution is -0.144. The van der Waals surface area contributed by atoms with Crippen LogP contribution >= 0.6 is 0 Å². The summed E-state index contributed by atoms with van der Waals surface area (Å²) in [4.78, 5) is 11.0. The van der Waals surface area contributed by atoms with Crippen LogP contribution in [0.1, 0.15) is 32.6 Å². The van der Waals surface area contributed by atoms with E-state index in [1.54, 1.807) is 0 Å². The van der Waals surface area contributed by atoms with Crippen molar-refractivity contribution in [2.75, 3.05) is 6.54 Å². The van der Waals surface area contributed by atoms with Gasteiger partial charge in [0.05, 0.1) is 5.92 Å². The highest BCUT2D eigenvalue weighted by Gasteiger charge is 2.37. The summed E-state index contributed by atoms with van der Waals surface area (Å²) in [5.74, 6) is 0.612. The minimum Gasteiger partial charge on any atom is -0.481 e. The highest BCUT2D eigenvalue weighted by molar-refractivity contribution is 5.71. The Balaban J connectivity index is 1.94. The van der Waals surface area contributed by atoms with Crippen molar-refractivity contribution in [3.63, 3.8) is 0 Å². The second-order valence-corrected chi connectivity index (χ2v) is 4.83. The molecule has 80 valence electrons. The molecule has 2 rings (SSSR count). The zero-order valence-corrected chi connectivity index (χ0v) is 8.70. The van der Waals surface area contributed by atoms with Gasteiger partial charge in [-0.3, -0.25) is 4.79 Å². The number of rotatable bonds is 2. The van der Waals surface area contributed by atoms with Gasteiger partial charge in [0.25, 0.3) is 0 Å². The van der Waals surface area contributed by atoms with Crippen LogP contribution in [0.5, 0.6) is 0 Å². The molecule has 0 aromatic rings. The molecule has 1 saturated carbocycles. The van der Waals surface area contributed by atoms with E-state index < -0.39 is 5.97 Å². The highest BCUT2D eigenvalue weighted by Crippen LogP contribution is 2.38. The van der Waals surface area contributed by atoms with Crippen molar-refractivity contribution in [2.24, 2.45) is 17.8 Å². The molecule has 3 heteroatoms. The lowest BCUT2D eigenvalue weighted by atomic mass is 9.70. The van der Waals surface area contributed by atoms with Crippen LogP contribution in [0.3, 0.4) is 0 Å². The van der Waals surface area contributed by atoms with E-state index >= 15 is 0 Å². The second-order valence-electron chi connectivity index (χ2n) is 4.83. The molecular weight excluding hydrogens is 178 g/mol. The minimum atomic E-state index is -0.631. The van der Waals surface area contributed by atoms with Crippen LogP contribution in [-0.4, -0.2) is 23.7 Å². The van der Waals surface area contributed by atoms with Crippen LogP contribution in [-0.2, 0) is 4.79 Å². The van der Waals surface area contributed by atoms with Crippen LogP contribution in [0.2, 0.25) is 0 Å². The zero-order chi connectivity index (χ0) is 10.1. The highest BCUT2D eigenvalue weighted by atomic mass is 16.4. The standard InChI is InChI=1S/C11H19NO2/c1-7-10(11(13)14)5-9(6-12-7)8-3-2-4-8/h7-10,12H,2-6H2,1H3,(H,13,14). The van der Waals surface area contributed by atoms with Crippen molar-refractivity contribution in [3.05, 3.63) is 0 Å². The van der Waals surface area contributed by atoms with Crippen molar-refractivity contribution >= 4 is 5.97 Å². The van der Waals surface area contributed by atoms with Gasteiger partial charge in [-0.05, 0) is 31.7 Å². The third kappa shape index (κ3) is 1.78. The average molecular weight is 197 g/mol. The van der Waals surface area contributed by atoms with E-state index in [2.05, 4.69) is 5.32 Å². The lowest BCUT2D eigenvalue weighted by Gasteiger charge is -2.40. The number of hydrogen-bond donors (Lipinski definition) is 2. The van der Waals surface area contributed by atoms with E-state index in [1.165, 1.54) is 19.3 Å².